The van der Waals surface area contributed by atoms with Crippen LogP contribution in [0, 0.1) is 0 Å². The van der Waals surface area contributed by atoms with Gasteiger partial charge >= 0.3 is 6.18 Å². The molecule has 3 rings (SSSR count). The molecule has 1 aromatic heterocycles. The van der Waals surface area contributed by atoms with Gasteiger partial charge in [0.25, 0.3) is 0 Å². The maximum Gasteiger partial charge on any atom is 0.421 e. The van der Waals surface area contributed by atoms with E-state index in [9.17, 15) is 13.2 Å². The molecular formula is C24H27F3N4O2. The van der Waals surface area contributed by atoms with Crippen molar-refractivity contribution in [2.75, 3.05) is 30.5 Å². The van der Waals surface area contributed by atoms with Gasteiger partial charge in [0.15, 0.2) is 5.82 Å². The zero-order chi connectivity index (χ0) is 24.2. The Labute approximate surface area is 191 Å². The van der Waals surface area contributed by atoms with Crippen molar-refractivity contribution >= 4 is 23.1 Å². The van der Waals surface area contributed by atoms with Crippen molar-refractivity contribution in [2.45, 2.75) is 33.1 Å². The van der Waals surface area contributed by atoms with Crippen molar-refractivity contribution in [1.82, 2.24) is 9.97 Å². The first kappa shape index (κ1) is 24.2. The molecule has 0 saturated carbocycles. The number of hydrogen-bond acceptors (Lipinski definition) is 6. The SMILES string of the molecule is CCOc1ccc(N(C)c2ncc(C(F)(F)F)c(N(C)c3ccc(OC(C)C)cc3)n2)cc1. The number of anilines is 4. The molecule has 176 valence electrons. The fourth-order valence-electron chi connectivity index (χ4n) is 3.17. The molecule has 0 N–H and O–H groups in total. The molecule has 0 bridgehead atoms. The van der Waals surface area contributed by atoms with E-state index in [-0.39, 0.29) is 17.9 Å². The highest BCUT2D eigenvalue weighted by Gasteiger charge is 2.37. The first-order valence-electron chi connectivity index (χ1n) is 10.5. The van der Waals surface area contributed by atoms with Gasteiger partial charge in [-0.1, -0.05) is 0 Å². The first-order valence-corrected chi connectivity index (χ1v) is 10.5. The molecule has 0 aliphatic carbocycles. The minimum absolute atomic E-state index is 0.00651. The smallest absolute Gasteiger partial charge is 0.421 e. The first-order chi connectivity index (χ1) is 15.6. The lowest BCUT2D eigenvalue weighted by atomic mass is 10.2. The molecule has 0 unspecified atom stereocenters. The number of ether oxygens (including phenoxy) is 2. The molecule has 0 saturated heterocycles. The molecule has 2 aromatic carbocycles. The van der Waals surface area contributed by atoms with Crippen molar-refractivity contribution in [1.29, 1.82) is 0 Å². The van der Waals surface area contributed by atoms with Crippen LogP contribution in [0.4, 0.5) is 36.3 Å². The Balaban J connectivity index is 1.96. The van der Waals surface area contributed by atoms with E-state index < -0.39 is 11.7 Å². The standard InChI is InChI=1S/C24H27F3N4O2/c1-6-32-19-11-7-18(8-12-19)31(5)23-28-15-21(24(25,26)27)22(29-23)30(4)17-9-13-20(14-10-17)33-16(2)3/h7-16H,6H2,1-5H3. The second kappa shape index (κ2) is 9.97. The summed E-state index contributed by atoms with van der Waals surface area (Å²) in [5, 5.41) is 0. The second-order valence-corrected chi connectivity index (χ2v) is 7.61. The molecule has 0 aliphatic rings. The summed E-state index contributed by atoms with van der Waals surface area (Å²) >= 11 is 0. The summed E-state index contributed by atoms with van der Waals surface area (Å²) in [7, 11) is 3.23. The average Bonchev–Trinajstić information content (AvgIpc) is 2.78. The topological polar surface area (TPSA) is 50.7 Å². The predicted octanol–water partition coefficient (Wildman–Crippen LogP) is 6.22. The van der Waals surface area contributed by atoms with E-state index in [0.29, 0.717) is 29.5 Å². The van der Waals surface area contributed by atoms with Crippen molar-refractivity contribution in [3.05, 3.63) is 60.3 Å². The predicted molar refractivity (Wildman–Crippen MR) is 123 cm³/mol. The van der Waals surface area contributed by atoms with Crippen molar-refractivity contribution < 1.29 is 22.6 Å². The fourth-order valence-corrected chi connectivity index (χ4v) is 3.17. The molecule has 3 aromatic rings. The second-order valence-electron chi connectivity index (χ2n) is 7.61. The number of nitrogens with zero attached hydrogens (tertiary/aromatic N) is 4. The Morgan fingerprint density at radius 3 is 1.94 bits per heavy atom. The van der Waals surface area contributed by atoms with Crippen LogP contribution in [0.5, 0.6) is 11.5 Å². The summed E-state index contributed by atoms with van der Waals surface area (Å²) in [6.45, 7) is 6.23. The maximum absolute atomic E-state index is 13.8. The normalized spacial score (nSPS) is 11.4. The van der Waals surface area contributed by atoms with Gasteiger partial charge in [0, 0.05) is 31.7 Å². The Morgan fingerprint density at radius 1 is 0.879 bits per heavy atom. The van der Waals surface area contributed by atoms with Crippen LogP contribution in [0.2, 0.25) is 0 Å². The largest absolute Gasteiger partial charge is 0.494 e. The van der Waals surface area contributed by atoms with Crippen LogP contribution in [-0.2, 0) is 6.18 Å². The highest BCUT2D eigenvalue weighted by Crippen LogP contribution is 2.38. The summed E-state index contributed by atoms with van der Waals surface area (Å²) in [6.07, 6.45) is -3.80. The number of benzene rings is 2. The minimum atomic E-state index is -4.61. The number of aromatic nitrogens is 2. The molecule has 6 nitrogen and oxygen atoms in total. The lowest BCUT2D eigenvalue weighted by Crippen LogP contribution is -2.21. The van der Waals surface area contributed by atoms with Crippen LogP contribution in [0.3, 0.4) is 0 Å². The molecule has 0 amide bonds. The maximum atomic E-state index is 13.8. The Kier molecular flexibility index (Phi) is 7.30. The van der Waals surface area contributed by atoms with E-state index in [1.165, 1.54) is 11.9 Å². The van der Waals surface area contributed by atoms with Crippen LogP contribution in [0.25, 0.3) is 0 Å². The van der Waals surface area contributed by atoms with E-state index in [1.807, 2.05) is 20.8 Å². The van der Waals surface area contributed by atoms with Gasteiger partial charge in [-0.25, -0.2) is 4.98 Å². The van der Waals surface area contributed by atoms with Crippen LogP contribution >= 0.6 is 0 Å². The van der Waals surface area contributed by atoms with Gasteiger partial charge in [-0.15, -0.1) is 0 Å². The van der Waals surface area contributed by atoms with E-state index in [0.717, 1.165) is 6.20 Å². The summed E-state index contributed by atoms with van der Waals surface area (Å²) in [5.74, 6) is 1.22. The van der Waals surface area contributed by atoms with Gasteiger partial charge in [0.2, 0.25) is 5.95 Å². The van der Waals surface area contributed by atoms with Crippen LogP contribution in [0.15, 0.2) is 54.7 Å². The zero-order valence-corrected chi connectivity index (χ0v) is 19.2. The summed E-state index contributed by atoms with van der Waals surface area (Å²) in [4.78, 5) is 11.3. The molecule has 0 radical (unpaired) electrons. The van der Waals surface area contributed by atoms with Gasteiger partial charge in [0.1, 0.15) is 17.1 Å². The molecule has 33 heavy (non-hydrogen) atoms. The molecule has 0 atom stereocenters. The molecular weight excluding hydrogens is 433 g/mol. The zero-order valence-electron chi connectivity index (χ0n) is 19.2. The lowest BCUT2D eigenvalue weighted by molar-refractivity contribution is -0.137. The van der Waals surface area contributed by atoms with Crippen LogP contribution in [0.1, 0.15) is 26.3 Å². The third kappa shape index (κ3) is 5.85. The average molecular weight is 461 g/mol. The number of alkyl halides is 3. The third-order valence-corrected chi connectivity index (χ3v) is 4.81. The van der Waals surface area contributed by atoms with E-state index in [2.05, 4.69) is 9.97 Å². The Bertz CT molecular complexity index is 1050. The highest BCUT2D eigenvalue weighted by molar-refractivity contribution is 5.66. The van der Waals surface area contributed by atoms with Gasteiger partial charge in [-0.3, -0.25) is 0 Å². The number of halogens is 3. The van der Waals surface area contributed by atoms with Gasteiger partial charge in [-0.2, -0.15) is 18.2 Å². The molecule has 0 fully saturated rings. The van der Waals surface area contributed by atoms with Crippen molar-refractivity contribution in [3.63, 3.8) is 0 Å². The van der Waals surface area contributed by atoms with Crippen LogP contribution in [-0.4, -0.2) is 36.8 Å². The van der Waals surface area contributed by atoms with Crippen LogP contribution < -0.4 is 19.3 Å². The molecule has 9 heteroatoms. The van der Waals surface area contributed by atoms with Gasteiger partial charge in [0.05, 0.1) is 12.7 Å². The number of rotatable bonds is 8. The lowest BCUT2D eigenvalue weighted by Gasteiger charge is -2.25. The van der Waals surface area contributed by atoms with E-state index >= 15 is 0 Å². The molecule has 0 aliphatic heterocycles. The summed E-state index contributed by atoms with van der Waals surface area (Å²) in [5.41, 5.74) is 0.323. The Hall–Kier alpha value is -3.49. The number of hydrogen-bond donors (Lipinski definition) is 0. The summed E-state index contributed by atoms with van der Waals surface area (Å²) < 4.78 is 52.3. The molecule has 0 spiro atoms. The van der Waals surface area contributed by atoms with Crippen molar-refractivity contribution in [3.8, 4) is 11.5 Å². The van der Waals surface area contributed by atoms with E-state index in [4.69, 9.17) is 9.47 Å². The quantitative estimate of drug-likeness (QED) is 0.398. The monoisotopic (exact) mass is 460 g/mol. The van der Waals surface area contributed by atoms with E-state index in [1.54, 1.807) is 60.5 Å². The fraction of sp³-hybridized carbons (Fsp3) is 0.333. The minimum Gasteiger partial charge on any atom is -0.494 e. The van der Waals surface area contributed by atoms with Crippen molar-refractivity contribution in [2.24, 2.45) is 0 Å². The van der Waals surface area contributed by atoms with Gasteiger partial charge < -0.3 is 19.3 Å². The third-order valence-electron chi connectivity index (χ3n) is 4.81. The Morgan fingerprint density at radius 2 is 1.42 bits per heavy atom. The molecule has 1 heterocycles. The van der Waals surface area contributed by atoms with Gasteiger partial charge in [-0.05, 0) is 69.3 Å². The summed E-state index contributed by atoms with van der Waals surface area (Å²) in [6, 6.07) is 14.0. The highest BCUT2D eigenvalue weighted by atomic mass is 19.4.